The van der Waals surface area contributed by atoms with Crippen molar-refractivity contribution in [1.82, 2.24) is 19.6 Å². The first kappa shape index (κ1) is 24.6. The number of alkyl halides is 3. The predicted molar refractivity (Wildman–Crippen MR) is 121 cm³/mol. The van der Waals surface area contributed by atoms with Crippen LogP contribution >= 0.6 is 0 Å². The normalized spacial score (nSPS) is 25.5. The zero-order valence-corrected chi connectivity index (χ0v) is 19.9. The molecule has 4 aliphatic rings. The topological polar surface area (TPSA) is 78.7 Å². The molecule has 1 N–H and O–H groups in total. The van der Waals surface area contributed by atoms with Gasteiger partial charge in [-0.05, 0) is 62.6 Å². The second kappa shape index (κ2) is 8.48. The molecular weight excluding hydrogens is 480 g/mol. The Kier molecular flexibility index (Phi) is 5.79. The molecule has 2 aromatic rings. The summed E-state index contributed by atoms with van der Waals surface area (Å²) in [6.07, 6.45) is -2.05. The van der Waals surface area contributed by atoms with E-state index in [0.29, 0.717) is 49.8 Å². The van der Waals surface area contributed by atoms with E-state index in [4.69, 9.17) is 0 Å². The minimum absolute atomic E-state index is 0.0281. The van der Waals surface area contributed by atoms with Gasteiger partial charge in [0.2, 0.25) is 5.91 Å². The Hall–Kier alpha value is -3.11. The number of amides is 2. The van der Waals surface area contributed by atoms with Crippen LogP contribution in [0.15, 0.2) is 24.3 Å². The molecule has 1 aliphatic heterocycles. The summed E-state index contributed by atoms with van der Waals surface area (Å²) in [4.78, 5) is 28.3. The van der Waals surface area contributed by atoms with Gasteiger partial charge in [-0.25, -0.2) is 9.18 Å². The summed E-state index contributed by atoms with van der Waals surface area (Å²) >= 11 is 0. The zero-order chi connectivity index (χ0) is 25.9. The smallest absolute Gasteiger partial charge is 0.435 e. The molecule has 1 aromatic carbocycles. The summed E-state index contributed by atoms with van der Waals surface area (Å²) in [6.45, 7) is 0.245. The van der Waals surface area contributed by atoms with Crippen molar-refractivity contribution in [2.45, 2.75) is 69.8 Å². The van der Waals surface area contributed by atoms with Gasteiger partial charge in [-0.3, -0.25) is 9.48 Å². The van der Waals surface area contributed by atoms with E-state index in [-0.39, 0.29) is 37.5 Å². The maximum absolute atomic E-state index is 13.8. The van der Waals surface area contributed by atoms with Gasteiger partial charge in [-0.15, -0.1) is 0 Å². The van der Waals surface area contributed by atoms with E-state index >= 15 is 0 Å². The number of nitrogens with zero attached hydrogens (tertiary/aromatic N) is 4. The number of rotatable bonds is 4. The third-order valence-electron chi connectivity index (χ3n) is 8.60. The summed E-state index contributed by atoms with van der Waals surface area (Å²) in [5.74, 6) is -0.505. The lowest BCUT2D eigenvalue weighted by Gasteiger charge is -2.56. The average Bonchev–Trinajstić information content (AvgIpc) is 3.23. The molecule has 2 heterocycles. The highest BCUT2D eigenvalue weighted by molar-refractivity contribution is 5.83. The third kappa shape index (κ3) is 4.02. The van der Waals surface area contributed by atoms with Crippen LogP contribution in [0.25, 0.3) is 0 Å². The molecule has 0 spiro atoms. The summed E-state index contributed by atoms with van der Waals surface area (Å²) in [5, 5.41) is 13.3. The van der Waals surface area contributed by atoms with Crippen LogP contribution in [-0.2, 0) is 30.5 Å². The van der Waals surface area contributed by atoms with Gasteiger partial charge in [0.25, 0.3) is 0 Å². The Morgan fingerprint density at radius 1 is 1.08 bits per heavy atom. The van der Waals surface area contributed by atoms with E-state index in [1.54, 1.807) is 11.9 Å². The molecule has 1 aromatic heterocycles. The predicted octanol–water partition coefficient (Wildman–Crippen LogP) is 4.68. The van der Waals surface area contributed by atoms with Crippen molar-refractivity contribution in [3.8, 4) is 0 Å². The molecule has 7 nitrogen and oxygen atoms in total. The number of carbonyl (C=O) groups is 2. The van der Waals surface area contributed by atoms with Gasteiger partial charge in [-0.2, -0.15) is 18.3 Å². The van der Waals surface area contributed by atoms with Crippen molar-refractivity contribution in [3.63, 3.8) is 0 Å². The van der Waals surface area contributed by atoms with Crippen LogP contribution in [0.3, 0.4) is 0 Å². The Morgan fingerprint density at radius 3 is 2.25 bits per heavy atom. The highest BCUT2D eigenvalue weighted by Gasteiger charge is 2.56. The second-order valence-electron chi connectivity index (χ2n) is 10.4. The van der Waals surface area contributed by atoms with Crippen molar-refractivity contribution in [2.75, 3.05) is 13.6 Å². The molecular formula is C25H28F4N4O3. The van der Waals surface area contributed by atoms with Crippen LogP contribution < -0.4 is 0 Å². The Morgan fingerprint density at radius 2 is 1.69 bits per heavy atom. The van der Waals surface area contributed by atoms with Gasteiger partial charge in [0.1, 0.15) is 5.82 Å². The lowest BCUT2D eigenvalue weighted by molar-refractivity contribution is -0.153. The summed E-state index contributed by atoms with van der Waals surface area (Å²) in [5.41, 5.74) is -0.904. The summed E-state index contributed by atoms with van der Waals surface area (Å²) in [7, 11) is 1.58. The van der Waals surface area contributed by atoms with E-state index in [0.717, 1.165) is 0 Å². The highest BCUT2D eigenvalue weighted by atomic mass is 19.4. The number of hydrogen-bond donors (Lipinski definition) is 1. The molecule has 11 heteroatoms. The third-order valence-corrected chi connectivity index (χ3v) is 8.60. The number of halogens is 4. The van der Waals surface area contributed by atoms with Crippen LogP contribution in [0.2, 0.25) is 0 Å². The summed E-state index contributed by atoms with van der Waals surface area (Å²) in [6, 6.07) is 5.51. The molecule has 2 bridgehead atoms. The first-order chi connectivity index (χ1) is 16.9. The Balaban J connectivity index is 1.39. The number of carbonyl (C=O) groups excluding carboxylic acids is 1. The van der Waals surface area contributed by atoms with E-state index in [2.05, 4.69) is 5.10 Å². The molecule has 3 fully saturated rings. The fourth-order valence-electron chi connectivity index (χ4n) is 6.30. The number of aromatic nitrogens is 2. The van der Waals surface area contributed by atoms with Crippen molar-refractivity contribution >= 4 is 12.0 Å². The molecule has 0 radical (unpaired) electrons. The average molecular weight is 509 g/mol. The van der Waals surface area contributed by atoms with Crippen LogP contribution in [0.4, 0.5) is 22.4 Å². The number of fused-ring (bicyclic) bond motifs is 4. The quantitative estimate of drug-likeness (QED) is 0.609. The van der Waals surface area contributed by atoms with Gasteiger partial charge in [0.05, 0.1) is 18.8 Å². The van der Waals surface area contributed by atoms with E-state index in [1.165, 1.54) is 33.8 Å². The highest BCUT2D eigenvalue weighted by Crippen LogP contribution is 2.55. The van der Waals surface area contributed by atoms with E-state index < -0.39 is 34.7 Å². The molecule has 6 rings (SSSR count). The monoisotopic (exact) mass is 508 g/mol. The molecule has 0 unspecified atom stereocenters. The molecule has 0 atom stereocenters. The zero-order valence-electron chi connectivity index (χ0n) is 19.9. The Bertz CT molecular complexity index is 1170. The number of carboxylic acid groups (broad SMARTS) is 1. The lowest BCUT2D eigenvalue weighted by Crippen LogP contribution is -2.60. The summed E-state index contributed by atoms with van der Waals surface area (Å²) < 4.78 is 55.9. The van der Waals surface area contributed by atoms with Crippen molar-refractivity contribution in [3.05, 3.63) is 52.6 Å². The first-order valence-corrected chi connectivity index (χ1v) is 12.1. The van der Waals surface area contributed by atoms with Crippen LogP contribution in [0.5, 0.6) is 0 Å². The van der Waals surface area contributed by atoms with Crippen molar-refractivity contribution < 1.29 is 32.3 Å². The Labute approximate surface area is 205 Å². The van der Waals surface area contributed by atoms with Crippen molar-refractivity contribution in [2.24, 2.45) is 5.41 Å². The fourth-order valence-corrected chi connectivity index (χ4v) is 6.30. The molecule has 194 valence electrons. The molecule has 0 saturated heterocycles. The SMILES string of the molecule is CN(C(=O)O)C12CCC(C(=O)N3CCc4c(C(F)(F)F)nn(Cc5ccc(F)cc5)c4C3)(CC1)CC2. The number of benzene rings is 1. The maximum atomic E-state index is 13.8. The van der Waals surface area contributed by atoms with Crippen LogP contribution in [-0.4, -0.2) is 55.8 Å². The molecule has 2 amide bonds. The first-order valence-electron chi connectivity index (χ1n) is 12.1. The van der Waals surface area contributed by atoms with E-state index in [1.807, 2.05) is 0 Å². The number of hydrogen-bond acceptors (Lipinski definition) is 3. The fraction of sp³-hybridized carbons (Fsp3) is 0.560. The standard InChI is InChI=1S/C25H28F4N4O3/c1-31(22(35)36)24-10-7-23(8-11-24,9-12-24)21(34)32-13-6-18-19(15-32)33(30-20(18)25(27,28)29)14-16-2-4-17(26)5-3-16/h2-5H,6-15H2,1H3,(H,35,36). The van der Waals surface area contributed by atoms with E-state index in [9.17, 15) is 32.3 Å². The van der Waals surface area contributed by atoms with Crippen LogP contribution in [0, 0.1) is 11.2 Å². The molecule has 36 heavy (non-hydrogen) atoms. The van der Waals surface area contributed by atoms with Gasteiger partial charge in [0.15, 0.2) is 5.69 Å². The second-order valence-corrected chi connectivity index (χ2v) is 10.4. The lowest BCUT2D eigenvalue weighted by atomic mass is 9.56. The minimum Gasteiger partial charge on any atom is -0.465 e. The van der Waals surface area contributed by atoms with Crippen molar-refractivity contribution in [1.29, 1.82) is 0 Å². The van der Waals surface area contributed by atoms with Crippen LogP contribution in [0.1, 0.15) is 61.0 Å². The largest absolute Gasteiger partial charge is 0.465 e. The van der Waals surface area contributed by atoms with Gasteiger partial charge in [0, 0.05) is 30.1 Å². The molecule has 3 aliphatic carbocycles. The van der Waals surface area contributed by atoms with Gasteiger partial charge in [-0.1, -0.05) is 12.1 Å². The van der Waals surface area contributed by atoms with Gasteiger partial charge >= 0.3 is 12.3 Å². The molecule has 3 saturated carbocycles. The maximum Gasteiger partial charge on any atom is 0.435 e. The van der Waals surface area contributed by atoms with Gasteiger partial charge < -0.3 is 14.9 Å². The minimum atomic E-state index is -4.62.